The molecule has 3 heteroatoms. The number of unbranched alkanes of at least 4 members (excludes halogenated alkanes) is 3. The molecule has 0 aliphatic carbocycles. The lowest BCUT2D eigenvalue weighted by molar-refractivity contribution is 0.620. The zero-order valence-electron chi connectivity index (χ0n) is 5.79. The van der Waals surface area contributed by atoms with Crippen molar-refractivity contribution < 1.29 is 8.22 Å². The lowest BCUT2D eigenvalue weighted by Crippen LogP contribution is -1.93. The number of hydrogen-bond donors (Lipinski definition) is 0. The third-order valence-corrected chi connectivity index (χ3v) is 1.95. The molecule has 0 spiro atoms. The Morgan fingerprint density at radius 3 is 2.22 bits per heavy atom. The summed E-state index contributed by atoms with van der Waals surface area (Å²) in [6, 6.07) is 0.185. The van der Waals surface area contributed by atoms with Crippen LogP contribution in [-0.2, 0) is 0 Å². The Kier molecular flexibility index (Phi) is 6.25. The fourth-order valence-corrected chi connectivity index (χ4v) is 1.20. The van der Waals surface area contributed by atoms with Gasteiger partial charge in [0, 0.05) is 6.04 Å². The van der Waals surface area contributed by atoms with E-state index in [-0.39, 0.29) is 6.04 Å². The first-order chi connectivity index (χ1) is 4.27. The van der Waals surface area contributed by atoms with Gasteiger partial charge in [0.2, 0.25) is 0 Å². The van der Waals surface area contributed by atoms with E-state index in [0.29, 0.717) is 0 Å². The molecule has 1 radical (unpaired) electrons. The van der Waals surface area contributed by atoms with E-state index in [2.05, 4.69) is 6.92 Å². The summed E-state index contributed by atoms with van der Waals surface area (Å²) < 4.78 is 23.1. The number of hydrogen-bond acceptors (Lipinski definition) is 0. The highest BCUT2D eigenvalue weighted by Gasteiger charge is 2.07. The van der Waals surface area contributed by atoms with Gasteiger partial charge in [-0.3, -0.25) is 8.22 Å². The molecular weight excluding hydrogens is 138 g/mol. The van der Waals surface area contributed by atoms with E-state index in [1.54, 1.807) is 0 Å². The third kappa shape index (κ3) is 8.08. The van der Waals surface area contributed by atoms with E-state index in [0.717, 1.165) is 25.7 Å². The van der Waals surface area contributed by atoms with Gasteiger partial charge in [0.15, 0.2) is 0 Å². The molecule has 9 heavy (non-hydrogen) atoms. The molecule has 0 saturated carbocycles. The van der Waals surface area contributed by atoms with Crippen LogP contribution in [0.15, 0.2) is 0 Å². The minimum atomic E-state index is -2.92. The van der Waals surface area contributed by atoms with Crippen LogP contribution < -0.4 is 0 Å². The molecule has 0 aliphatic heterocycles. The van der Waals surface area contributed by atoms with E-state index in [1.807, 2.05) is 0 Å². The number of rotatable bonds is 5. The van der Waals surface area contributed by atoms with Gasteiger partial charge in [0.05, 0.1) is 0 Å². The summed E-state index contributed by atoms with van der Waals surface area (Å²) >= 11 is 0. The summed E-state index contributed by atoms with van der Waals surface area (Å²) in [5.41, 5.74) is 0. The van der Waals surface area contributed by atoms with Crippen molar-refractivity contribution in [3.63, 3.8) is 0 Å². The second-order valence-electron chi connectivity index (χ2n) is 2.15. The molecule has 0 bridgehead atoms. The minimum absolute atomic E-state index is 0.185. The second kappa shape index (κ2) is 6.20. The molecule has 0 heterocycles. The van der Waals surface area contributed by atoms with E-state index < -0.39 is 9.46 Å². The van der Waals surface area contributed by atoms with Crippen LogP contribution in [0, 0.1) is 0 Å². The van der Waals surface area contributed by atoms with Crippen molar-refractivity contribution in [3.05, 3.63) is 0 Å². The molecule has 0 unspecified atom stereocenters. The van der Waals surface area contributed by atoms with Crippen LogP contribution in [-0.4, -0.2) is 9.46 Å². The van der Waals surface area contributed by atoms with Crippen molar-refractivity contribution in [1.82, 2.24) is 0 Å². The van der Waals surface area contributed by atoms with Crippen LogP contribution in [0.2, 0.25) is 6.04 Å². The van der Waals surface area contributed by atoms with Gasteiger partial charge in [0.25, 0.3) is 0 Å². The molecule has 0 aromatic heterocycles. The Morgan fingerprint density at radius 1 is 1.11 bits per heavy atom. The largest absolute Gasteiger partial charge is 0.476 e. The molecule has 0 aromatic carbocycles. The molecule has 0 fully saturated rings. The van der Waals surface area contributed by atoms with Crippen molar-refractivity contribution in [2.75, 3.05) is 0 Å². The third-order valence-electron chi connectivity index (χ3n) is 1.22. The van der Waals surface area contributed by atoms with Gasteiger partial charge in [-0.1, -0.05) is 32.6 Å². The first-order valence-electron chi connectivity index (χ1n) is 3.44. The maximum absolute atomic E-state index is 11.6. The number of halogens is 2. The maximum atomic E-state index is 11.6. The smallest absolute Gasteiger partial charge is 0.268 e. The summed E-state index contributed by atoms with van der Waals surface area (Å²) in [5.74, 6) is 0. The topological polar surface area (TPSA) is 0 Å². The van der Waals surface area contributed by atoms with E-state index in [1.165, 1.54) is 0 Å². The SMILES string of the molecule is CCCCCC[Si](F)F. The Balaban J connectivity index is 2.75. The van der Waals surface area contributed by atoms with Crippen LogP contribution in [0.25, 0.3) is 0 Å². The highest BCUT2D eigenvalue weighted by Crippen LogP contribution is 2.06. The molecule has 0 nitrogen and oxygen atoms in total. The second-order valence-corrected chi connectivity index (χ2v) is 3.33. The lowest BCUT2D eigenvalue weighted by atomic mass is 10.2. The highest BCUT2D eigenvalue weighted by atomic mass is 28.4. The molecule has 0 aliphatic rings. The van der Waals surface area contributed by atoms with E-state index in [4.69, 9.17) is 0 Å². The zero-order chi connectivity index (χ0) is 7.11. The normalized spacial score (nSPS) is 10.7. The molecular formula is C6H13F2Si. The Labute approximate surface area is 57.2 Å². The lowest BCUT2D eigenvalue weighted by Gasteiger charge is -1.94. The van der Waals surface area contributed by atoms with Crippen molar-refractivity contribution in [2.45, 2.75) is 38.7 Å². The predicted octanol–water partition coefficient (Wildman–Crippen LogP) is 2.99. The summed E-state index contributed by atoms with van der Waals surface area (Å²) in [7, 11) is -2.92. The fourth-order valence-electron chi connectivity index (χ4n) is 0.685. The quantitative estimate of drug-likeness (QED) is 0.322. The van der Waals surface area contributed by atoms with E-state index in [9.17, 15) is 8.22 Å². The first kappa shape index (κ1) is 9.08. The first-order valence-corrected chi connectivity index (χ1v) is 4.90. The van der Waals surface area contributed by atoms with Crippen molar-refractivity contribution in [2.24, 2.45) is 0 Å². The highest BCUT2D eigenvalue weighted by molar-refractivity contribution is 6.42. The Morgan fingerprint density at radius 2 is 1.78 bits per heavy atom. The summed E-state index contributed by atoms with van der Waals surface area (Å²) in [6.45, 7) is 2.08. The molecule has 0 aromatic rings. The van der Waals surface area contributed by atoms with Gasteiger partial charge in [-0.2, -0.15) is 0 Å². The van der Waals surface area contributed by atoms with Gasteiger partial charge < -0.3 is 0 Å². The van der Waals surface area contributed by atoms with E-state index >= 15 is 0 Å². The zero-order valence-corrected chi connectivity index (χ0v) is 6.79. The summed E-state index contributed by atoms with van der Waals surface area (Å²) in [4.78, 5) is 0. The predicted molar refractivity (Wildman–Crippen MR) is 36.9 cm³/mol. The minimum Gasteiger partial charge on any atom is -0.268 e. The molecule has 0 N–H and O–H groups in total. The van der Waals surface area contributed by atoms with Crippen LogP contribution >= 0.6 is 0 Å². The van der Waals surface area contributed by atoms with Crippen molar-refractivity contribution in [1.29, 1.82) is 0 Å². The van der Waals surface area contributed by atoms with Gasteiger partial charge in [-0.05, 0) is 0 Å². The summed E-state index contributed by atoms with van der Waals surface area (Å²) in [6.07, 6.45) is 3.95. The monoisotopic (exact) mass is 151 g/mol. The van der Waals surface area contributed by atoms with Crippen LogP contribution in [0.3, 0.4) is 0 Å². The molecule has 0 atom stereocenters. The average Bonchev–Trinajstić information content (AvgIpc) is 1.80. The maximum Gasteiger partial charge on any atom is 0.476 e. The fraction of sp³-hybridized carbons (Fsp3) is 1.00. The van der Waals surface area contributed by atoms with Crippen LogP contribution in [0.5, 0.6) is 0 Å². The molecule has 55 valence electrons. The van der Waals surface area contributed by atoms with Crippen molar-refractivity contribution >= 4 is 9.46 Å². The van der Waals surface area contributed by atoms with Crippen LogP contribution in [0.4, 0.5) is 8.22 Å². The van der Waals surface area contributed by atoms with Gasteiger partial charge in [0.1, 0.15) is 0 Å². The van der Waals surface area contributed by atoms with Gasteiger partial charge in [-0.15, -0.1) is 0 Å². The Hall–Kier alpha value is 0.0769. The average molecular weight is 151 g/mol. The van der Waals surface area contributed by atoms with Crippen molar-refractivity contribution in [3.8, 4) is 0 Å². The standard InChI is InChI=1S/C6H13F2Si/c1-2-3-4-5-6-9(7)8/h2-6H2,1H3. The van der Waals surface area contributed by atoms with Gasteiger partial charge >= 0.3 is 9.46 Å². The molecule has 0 rings (SSSR count). The Bertz CT molecular complexity index is 57.0. The molecule has 0 amide bonds. The van der Waals surface area contributed by atoms with Crippen LogP contribution in [0.1, 0.15) is 32.6 Å². The van der Waals surface area contributed by atoms with Gasteiger partial charge in [-0.25, -0.2) is 0 Å². The molecule has 0 saturated heterocycles. The summed E-state index contributed by atoms with van der Waals surface area (Å²) in [5, 5.41) is 0.